The lowest BCUT2D eigenvalue weighted by atomic mass is 10.2. The van der Waals surface area contributed by atoms with Crippen molar-refractivity contribution in [2.45, 2.75) is 13.8 Å². The van der Waals surface area contributed by atoms with Crippen LogP contribution in [0.5, 0.6) is 0 Å². The van der Waals surface area contributed by atoms with Crippen molar-refractivity contribution in [3.63, 3.8) is 0 Å². The van der Waals surface area contributed by atoms with Crippen LogP contribution >= 0.6 is 0 Å². The van der Waals surface area contributed by atoms with E-state index in [1.807, 2.05) is 53.5 Å². The molecule has 0 spiro atoms. The van der Waals surface area contributed by atoms with E-state index in [0.717, 1.165) is 18.7 Å². The van der Waals surface area contributed by atoms with E-state index in [2.05, 4.69) is 19.9 Å². The lowest BCUT2D eigenvalue weighted by Crippen LogP contribution is -2.21. The first-order valence-electron chi connectivity index (χ1n) is 5.90. The molecule has 0 bridgehead atoms. The molecule has 1 rings (SSSR count). The largest absolute Gasteiger partial charge is 0.364 e. The predicted molar refractivity (Wildman–Crippen MR) is 72.1 cm³/mol. The van der Waals surface area contributed by atoms with Crippen molar-refractivity contribution in [2.75, 3.05) is 13.1 Å². The zero-order chi connectivity index (χ0) is 12.5. The van der Waals surface area contributed by atoms with Gasteiger partial charge in [0.05, 0.1) is 0 Å². The third-order valence-corrected chi connectivity index (χ3v) is 2.56. The monoisotopic (exact) mass is 226 g/mol. The van der Waals surface area contributed by atoms with Crippen molar-refractivity contribution >= 4 is 6.08 Å². The minimum atomic E-state index is 0.710. The highest BCUT2D eigenvalue weighted by atomic mass is 15.1. The van der Waals surface area contributed by atoms with E-state index in [1.165, 1.54) is 0 Å². The van der Waals surface area contributed by atoms with Gasteiger partial charge in [-0.2, -0.15) is 5.26 Å². The third kappa shape index (κ3) is 4.16. The molecule has 0 atom stereocenters. The summed E-state index contributed by atoms with van der Waals surface area (Å²) >= 11 is 0. The summed E-state index contributed by atoms with van der Waals surface area (Å²) in [6.45, 7) is 5.81. The van der Waals surface area contributed by atoms with E-state index in [-0.39, 0.29) is 0 Å². The van der Waals surface area contributed by atoms with E-state index in [1.54, 1.807) is 0 Å². The molecule has 0 fully saturated rings. The number of nitriles is 1. The minimum absolute atomic E-state index is 0.710. The van der Waals surface area contributed by atoms with Crippen LogP contribution in [0.1, 0.15) is 19.4 Å². The van der Waals surface area contributed by atoms with Gasteiger partial charge in [0.1, 0.15) is 11.8 Å². The zero-order valence-electron chi connectivity index (χ0n) is 10.4. The van der Waals surface area contributed by atoms with Crippen LogP contribution in [0.25, 0.3) is 6.08 Å². The number of hydrogen-bond donors (Lipinski definition) is 0. The predicted octanol–water partition coefficient (Wildman–Crippen LogP) is 3.45. The molecule has 0 saturated carbocycles. The normalized spacial score (nSPS) is 11.5. The van der Waals surface area contributed by atoms with Crippen LogP contribution in [-0.2, 0) is 0 Å². The van der Waals surface area contributed by atoms with E-state index in [0.29, 0.717) is 5.70 Å². The Bertz CT molecular complexity index is 420. The Morgan fingerprint density at radius 2 is 1.88 bits per heavy atom. The van der Waals surface area contributed by atoms with Crippen molar-refractivity contribution in [1.82, 2.24) is 4.90 Å². The first-order valence-corrected chi connectivity index (χ1v) is 5.90. The van der Waals surface area contributed by atoms with Crippen LogP contribution in [0.4, 0.5) is 0 Å². The molecule has 2 heteroatoms. The van der Waals surface area contributed by atoms with Gasteiger partial charge in [0, 0.05) is 13.1 Å². The van der Waals surface area contributed by atoms with E-state index < -0.39 is 0 Å². The van der Waals surface area contributed by atoms with E-state index in [4.69, 9.17) is 5.26 Å². The SMILES string of the molecule is CCN(CC)/C(C#N)=C/C=C/c1ccccc1. The number of rotatable bonds is 5. The molecular weight excluding hydrogens is 208 g/mol. The van der Waals surface area contributed by atoms with Gasteiger partial charge in [0.15, 0.2) is 0 Å². The van der Waals surface area contributed by atoms with Gasteiger partial charge in [-0.3, -0.25) is 0 Å². The van der Waals surface area contributed by atoms with Gasteiger partial charge in [-0.05, 0) is 25.5 Å². The second-order valence-electron chi connectivity index (χ2n) is 3.61. The van der Waals surface area contributed by atoms with Gasteiger partial charge >= 0.3 is 0 Å². The Hall–Kier alpha value is -2.01. The Balaban J connectivity index is 2.75. The fraction of sp³-hybridized carbons (Fsp3) is 0.267. The number of benzene rings is 1. The average Bonchev–Trinajstić information content (AvgIpc) is 2.39. The Morgan fingerprint density at radius 3 is 2.41 bits per heavy atom. The van der Waals surface area contributed by atoms with Gasteiger partial charge in [-0.25, -0.2) is 0 Å². The summed E-state index contributed by atoms with van der Waals surface area (Å²) in [4.78, 5) is 2.04. The second kappa shape index (κ2) is 7.29. The summed E-state index contributed by atoms with van der Waals surface area (Å²) in [6, 6.07) is 12.3. The van der Waals surface area contributed by atoms with Crippen LogP contribution in [0.3, 0.4) is 0 Å². The van der Waals surface area contributed by atoms with E-state index in [9.17, 15) is 0 Å². The maximum Gasteiger partial charge on any atom is 0.117 e. The molecule has 0 aliphatic rings. The van der Waals surface area contributed by atoms with E-state index >= 15 is 0 Å². The molecule has 17 heavy (non-hydrogen) atoms. The summed E-state index contributed by atoms with van der Waals surface area (Å²) in [5.41, 5.74) is 1.85. The van der Waals surface area contributed by atoms with Gasteiger partial charge in [-0.1, -0.05) is 42.5 Å². The number of nitrogens with zero attached hydrogens (tertiary/aromatic N) is 2. The van der Waals surface area contributed by atoms with Crippen molar-refractivity contribution in [3.8, 4) is 6.07 Å². The molecule has 0 heterocycles. The highest BCUT2D eigenvalue weighted by Crippen LogP contribution is 2.05. The standard InChI is InChI=1S/C15H18N2/c1-3-17(4-2)15(13-16)12-8-11-14-9-6-5-7-10-14/h5-12H,3-4H2,1-2H3/b11-8+,15-12+. The number of hydrogen-bond acceptors (Lipinski definition) is 2. The van der Waals surface area contributed by atoms with Gasteiger partial charge in [0.25, 0.3) is 0 Å². The zero-order valence-corrected chi connectivity index (χ0v) is 10.4. The fourth-order valence-corrected chi connectivity index (χ4v) is 1.59. The molecular formula is C15H18N2. The molecule has 88 valence electrons. The van der Waals surface area contributed by atoms with Crippen LogP contribution in [0, 0.1) is 11.3 Å². The summed E-state index contributed by atoms with van der Waals surface area (Å²) in [6.07, 6.45) is 5.78. The van der Waals surface area contributed by atoms with Crippen molar-refractivity contribution in [3.05, 3.63) is 53.7 Å². The maximum atomic E-state index is 9.06. The summed E-state index contributed by atoms with van der Waals surface area (Å²) in [5.74, 6) is 0. The molecule has 2 nitrogen and oxygen atoms in total. The maximum absolute atomic E-state index is 9.06. The Kier molecular flexibility index (Phi) is 5.60. The van der Waals surface area contributed by atoms with Gasteiger partial charge in [-0.15, -0.1) is 0 Å². The third-order valence-electron chi connectivity index (χ3n) is 2.56. The topological polar surface area (TPSA) is 27.0 Å². The molecule has 0 aromatic heterocycles. The lowest BCUT2D eigenvalue weighted by Gasteiger charge is -2.18. The van der Waals surface area contributed by atoms with Crippen LogP contribution in [0.15, 0.2) is 48.2 Å². The second-order valence-corrected chi connectivity index (χ2v) is 3.61. The molecule has 0 aliphatic heterocycles. The first kappa shape index (κ1) is 13.1. The lowest BCUT2D eigenvalue weighted by molar-refractivity contribution is 0.397. The smallest absolute Gasteiger partial charge is 0.117 e. The summed E-state index contributed by atoms with van der Waals surface area (Å²) < 4.78 is 0. The highest BCUT2D eigenvalue weighted by Gasteiger charge is 2.01. The summed E-state index contributed by atoms with van der Waals surface area (Å²) in [7, 11) is 0. The molecule has 0 radical (unpaired) electrons. The van der Waals surface area contributed by atoms with Crippen molar-refractivity contribution in [1.29, 1.82) is 5.26 Å². The first-order chi connectivity index (χ1) is 8.31. The van der Waals surface area contributed by atoms with Gasteiger partial charge in [0.2, 0.25) is 0 Å². The Labute approximate surface area is 103 Å². The fourth-order valence-electron chi connectivity index (χ4n) is 1.59. The molecule has 0 amide bonds. The van der Waals surface area contributed by atoms with Gasteiger partial charge < -0.3 is 4.90 Å². The minimum Gasteiger partial charge on any atom is -0.364 e. The van der Waals surface area contributed by atoms with Crippen LogP contribution < -0.4 is 0 Å². The quantitative estimate of drug-likeness (QED) is 0.568. The molecule has 0 unspecified atom stereocenters. The average molecular weight is 226 g/mol. The molecule has 1 aromatic rings. The number of allylic oxidation sites excluding steroid dienone is 3. The molecule has 0 saturated heterocycles. The van der Waals surface area contributed by atoms with Crippen molar-refractivity contribution in [2.24, 2.45) is 0 Å². The summed E-state index contributed by atoms with van der Waals surface area (Å²) in [5, 5.41) is 9.06. The molecule has 0 aliphatic carbocycles. The molecule has 0 N–H and O–H groups in total. The highest BCUT2D eigenvalue weighted by molar-refractivity contribution is 5.51. The van der Waals surface area contributed by atoms with Crippen LogP contribution in [0.2, 0.25) is 0 Å². The molecule has 1 aromatic carbocycles. The van der Waals surface area contributed by atoms with Crippen molar-refractivity contribution < 1.29 is 0 Å². The Morgan fingerprint density at radius 1 is 1.24 bits per heavy atom. The van der Waals surface area contributed by atoms with Crippen LogP contribution in [-0.4, -0.2) is 18.0 Å².